The lowest BCUT2D eigenvalue weighted by atomic mass is 10.1. The molecule has 1 heterocycles. The maximum Gasteiger partial charge on any atom is 0.270 e. The predicted octanol–water partition coefficient (Wildman–Crippen LogP) is 2.75. The Labute approximate surface area is 116 Å². The zero-order valence-corrected chi connectivity index (χ0v) is 11.0. The minimum absolute atomic E-state index is 0.00287. The standard InChI is InChI=1S/C14H14N4O2/c1-3-5-10(4-2)17-14-12-8-11(18(19)20)6-7-13(12)15-9-16-14/h2,6-10H,3,5H2,1H3,(H,15,16,17). The third kappa shape index (κ3) is 2.83. The van der Waals surface area contributed by atoms with Gasteiger partial charge in [0.25, 0.3) is 5.69 Å². The van der Waals surface area contributed by atoms with E-state index in [0.29, 0.717) is 16.7 Å². The van der Waals surface area contributed by atoms with Crippen LogP contribution in [-0.4, -0.2) is 20.9 Å². The normalized spacial score (nSPS) is 11.8. The summed E-state index contributed by atoms with van der Waals surface area (Å²) >= 11 is 0. The molecule has 0 fully saturated rings. The maximum absolute atomic E-state index is 10.8. The first-order valence-electron chi connectivity index (χ1n) is 6.27. The van der Waals surface area contributed by atoms with E-state index in [1.165, 1.54) is 18.5 Å². The molecule has 20 heavy (non-hydrogen) atoms. The molecule has 102 valence electrons. The van der Waals surface area contributed by atoms with Crippen molar-refractivity contribution in [2.24, 2.45) is 0 Å². The van der Waals surface area contributed by atoms with Crippen LogP contribution in [0.1, 0.15) is 19.8 Å². The summed E-state index contributed by atoms with van der Waals surface area (Å²) in [5.74, 6) is 3.17. The summed E-state index contributed by atoms with van der Waals surface area (Å²) in [6, 6.07) is 4.32. The largest absolute Gasteiger partial charge is 0.356 e. The summed E-state index contributed by atoms with van der Waals surface area (Å²) < 4.78 is 0. The fourth-order valence-corrected chi connectivity index (χ4v) is 1.92. The molecule has 6 nitrogen and oxygen atoms in total. The minimum Gasteiger partial charge on any atom is -0.356 e. The van der Waals surface area contributed by atoms with E-state index in [2.05, 4.69) is 21.2 Å². The van der Waals surface area contributed by atoms with Crippen LogP contribution in [0.4, 0.5) is 11.5 Å². The summed E-state index contributed by atoms with van der Waals surface area (Å²) in [5, 5.41) is 14.6. The summed E-state index contributed by atoms with van der Waals surface area (Å²) in [7, 11) is 0. The lowest BCUT2D eigenvalue weighted by molar-refractivity contribution is -0.384. The average Bonchev–Trinajstić information content (AvgIpc) is 2.46. The number of non-ortho nitro benzene ring substituents is 1. The molecule has 0 amide bonds. The van der Waals surface area contributed by atoms with Crippen LogP contribution in [0.5, 0.6) is 0 Å². The molecule has 0 aliphatic carbocycles. The van der Waals surface area contributed by atoms with Gasteiger partial charge in [0.2, 0.25) is 0 Å². The average molecular weight is 270 g/mol. The molecule has 1 N–H and O–H groups in total. The molecule has 1 unspecified atom stereocenters. The number of anilines is 1. The second kappa shape index (κ2) is 5.97. The fourth-order valence-electron chi connectivity index (χ4n) is 1.92. The van der Waals surface area contributed by atoms with Crippen molar-refractivity contribution in [2.45, 2.75) is 25.8 Å². The first kappa shape index (κ1) is 13.7. The van der Waals surface area contributed by atoms with Crippen LogP contribution in [0.3, 0.4) is 0 Å². The molecule has 0 bridgehead atoms. The monoisotopic (exact) mass is 270 g/mol. The molecule has 1 aromatic heterocycles. The van der Waals surface area contributed by atoms with Crippen molar-refractivity contribution in [3.8, 4) is 12.3 Å². The molecular formula is C14H14N4O2. The van der Waals surface area contributed by atoms with Gasteiger partial charge < -0.3 is 5.32 Å². The Balaban J connectivity index is 2.44. The van der Waals surface area contributed by atoms with Gasteiger partial charge in [-0.2, -0.15) is 0 Å². The van der Waals surface area contributed by atoms with Crippen LogP contribution in [0.15, 0.2) is 24.5 Å². The first-order valence-corrected chi connectivity index (χ1v) is 6.27. The highest BCUT2D eigenvalue weighted by molar-refractivity contribution is 5.90. The van der Waals surface area contributed by atoms with E-state index in [1.807, 2.05) is 6.92 Å². The zero-order valence-electron chi connectivity index (χ0n) is 11.0. The lowest BCUT2D eigenvalue weighted by Gasteiger charge is -2.13. The molecule has 0 saturated heterocycles. The number of hydrogen-bond donors (Lipinski definition) is 1. The third-order valence-corrected chi connectivity index (χ3v) is 2.92. The zero-order chi connectivity index (χ0) is 14.5. The van der Waals surface area contributed by atoms with Crippen LogP contribution < -0.4 is 5.32 Å². The number of hydrogen-bond acceptors (Lipinski definition) is 5. The Hall–Kier alpha value is -2.68. The second-order valence-corrected chi connectivity index (χ2v) is 4.33. The van der Waals surface area contributed by atoms with Gasteiger partial charge in [-0.05, 0) is 12.5 Å². The summed E-state index contributed by atoms with van der Waals surface area (Å²) in [6.45, 7) is 2.04. The second-order valence-electron chi connectivity index (χ2n) is 4.33. The SMILES string of the molecule is C#CC(CCC)Nc1ncnc2ccc([N+](=O)[O-])cc12. The third-order valence-electron chi connectivity index (χ3n) is 2.92. The number of aromatic nitrogens is 2. The molecular weight excluding hydrogens is 256 g/mol. The number of rotatable bonds is 5. The van der Waals surface area contributed by atoms with Gasteiger partial charge >= 0.3 is 0 Å². The van der Waals surface area contributed by atoms with Gasteiger partial charge in [0.15, 0.2) is 0 Å². The first-order chi connectivity index (χ1) is 9.65. The molecule has 2 rings (SSSR count). The van der Waals surface area contributed by atoms with E-state index in [4.69, 9.17) is 6.42 Å². The summed E-state index contributed by atoms with van der Waals surface area (Å²) in [4.78, 5) is 18.6. The fraction of sp³-hybridized carbons (Fsp3) is 0.286. The molecule has 0 radical (unpaired) electrons. The molecule has 2 aromatic rings. The van der Waals surface area contributed by atoms with Crippen LogP contribution in [0, 0.1) is 22.5 Å². The number of nitrogens with one attached hydrogen (secondary N) is 1. The van der Waals surface area contributed by atoms with E-state index in [-0.39, 0.29) is 11.7 Å². The van der Waals surface area contributed by atoms with Crippen LogP contribution in [0.2, 0.25) is 0 Å². The van der Waals surface area contributed by atoms with Crippen LogP contribution in [0.25, 0.3) is 10.9 Å². The van der Waals surface area contributed by atoms with Crippen LogP contribution in [-0.2, 0) is 0 Å². The predicted molar refractivity (Wildman–Crippen MR) is 77.3 cm³/mol. The molecule has 0 saturated carbocycles. The van der Waals surface area contributed by atoms with E-state index >= 15 is 0 Å². The number of nitro benzene ring substituents is 1. The molecule has 0 aliphatic rings. The van der Waals surface area contributed by atoms with E-state index in [9.17, 15) is 10.1 Å². The van der Waals surface area contributed by atoms with E-state index < -0.39 is 4.92 Å². The molecule has 1 atom stereocenters. The molecule has 0 aliphatic heterocycles. The number of terminal acetylenes is 1. The van der Waals surface area contributed by atoms with Gasteiger partial charge in [0.1, 0.15) is 12.1 Å². The van der Waals surface area contributed by atoms with Crippen molar-refractivity contribution in [1.82, 2.24) is 9.97 Å². The topological polar surface area (TPSA) is 81.0 Å². The van der Waals surface area contributed by atoms with Crippen molar-refractivity contribution in [1.29, 1.82) is 0 Å². The maximum atomic E-state index is 10.8. The lowest BCUT2D eigenvalue weighted by Crippen LogP contribution is -2.17. The minimum atomic E-state index is -0.444. The summed E-state index contributed by atoms with van der Waals surface area (Å²) in [5.41, 5.74) is 0.642. The highest BCUT2D eigenvalue weighted by atomic mass is 16.6. The number of nitrogens with zero attached hydrogens (tertiary/aromatic N) is 3. The van der Waals surface area contributed by atoms with Crippen LogP contribution >= 0.6 is 0 Å². The Kier molecular flexibility index (Phi) is 4.11. The Morgan fingerprint density at radius 2 is 2.30 bits per heavy atom. The number of fused-ring (bicyclic) bond motifs is 1. The van der Waals surface area contributed by atoms with Gasteiger partial charge in [-0.3, -0.25) is 10.1 Å². The van der Waals surface area contributed by atoms with E-state index in [1.54, 1.807) is 6.07 Å². The van der Waals surface area contributed by atoms with E-state index in [0.717, 1.165) is 12.8 Å². The van der Waals surface area contributed by atoms with Crippen molar-refractivity contribution in [3.05, 3.63) is 34.6 Å². The number of nitro groups is 1. The Bertz CT molecular complexity index is 678. The molecule has 0 spiro atoms. The van der Waals surface area contributed by atoms with Crippen molar-refractivity contribution < 1.29 is 4.92 Å². The summed E-state index contributed by atoms with van der Waals surface area (Å²) in [6.07, 6.45) is 8.62. The van der Waals surface area contributed by atoms with Gasteiger partial charge in [0.05, 0.1) is 16.5 Å². The Morgan fingerprint density at radius 3 is 2.95 bits per heavy atom. The van der Waals surface area contributed by atoms with Crippen molar-refractivity contribution >= 4 is 22.4 Å². The van der Waals surface area contributed by atoms with Crippen molar-refractivity contribution in [3.63, 3.8) is 0 Å². The van der Waals surface area contributed by atoms with Gasteiger partial charge in [-0.1, -0.05) is 19.3 Å². The molecule has 1 aromatic carbocycles. The van der Waals surface area contributed by atoms with Gasteiger partial charge in [-0.25, -0.2) is 9.97 Å². The number of benzene rings is 1. The highest BCUT2D eigenvalue weighted by Crippen LogP contribution is 2.24. The Morgan fingerprint density at radius 1 is 1.50 bits per heavy atom. The van der Waals surface area contributed by atoms with Crippen molar-refractivity contribution in [2.75, 3.05) is 5.32 Å². The van der Waals surface area contributed by atoms with Gasteiger partial charge in [-0.15, -0.1) is 6.42 Å². The van der Waals surface area contributed by atoms with Gasteiger partial charge in [0, 0.05) is 17.5 Å². The highest BCUT2D eigenvalue weighted by Gasteiger charge is 2.12. The smallest absolute Gasteiger partial charge is 0.270 e. The quantitative estimate of drug-likeness (QED) is 0.513. The molecule has 6 heteroatoms.